The van der Waals surface area contributed by atoms with Gasteiger partial charge in [-0.2, -0.15) is 0 Å². The Hall–Kier alpha value is -1.25. The van der Waals surface area contributed by atoms with Crippen molar-refractivity contribution in [2.75, 3.05) is 13.2 Å². The molecule has 0 unspecified atom stereocenters. The van der Waals surface area contributed by atoms with Gasteiger partial charge >= 0.3 is 0 Å². The first-order valence-corrected chi connectivity index (χ1v) is 8.53. The van der Waals surface area contributed by atoms with Crippen LogP contribution in [0.5, 0.6) is 0 Å². The van der Waals surface area contributed by atoms with E-state index in [0.717, 1.165) is 0 Å². The van der Waals surface area contributed by atoms with Crippen molar-refractivity contribution in [3.8, 4) is 0 Å². The topological polar surface area (TPSA) is 38.7 Å². The molecule has 1 heterocycles. The van der Waals surface area contributed by atoms with Crippen LogP contribution in [0, 0.1) is 40.4 Å². The Labute approximate surface area is 149 Å². The summed E-state index contributed by atoms with van der Waals surface area (Å²) in [5.41, 5.74) is -1.53. The Morgan fingerprint density at radius 3 is 1.88 bits per heavy atom. The van der Waals surface area contributed by atoms with Crippen molar-refractivity contribution in [3.63, 3.8) is 0 Å². The van der Waals surface area contributed by atoms with Gasteiger partial charge in [0.1, 0.15) is 0 Å². The zero-order valence-corrected chi connectivity index (χ0v) is 14.9. The van der Waals surface area contributed by atoms with Gasteiger partial charge in [0.25, 0.3) is 0 Å². The maximum atomic E-state index is 14.1. The first-order chi connectivity index (χ1) is 12.1. The molecular formula is C18H23F5O3. The normalized spacial score (nSPS) is 20.2. The molecule has 1 N–H and O–H groups in total. The van der Waals surface area contributed by atoms with Gasteiger partial charge in [-0.1, -0.05) is 33.6 Å². The van der Waals surface area contributed by atoms with E-state index in [4.69, 9.17) is 9.47 Å². The molecule has 0 spiro atoms. The maximum Gasteiger partial charge on any atom is 0.200 e. The first-order valence-electron chi connectivity index (χ1n) is 8.53. The molecule has 148 valence electrons. The highest BCUT2D eigenvalue weighted by Crippen LogP contribution is 2.38. The van der Waals surface area contributed by atoms with E-state index in [9.17, 15) is 27.1 Å². The second kappa shape index (κ2) is 8.19. The number of rotatable bonds is 6. The second-order valence-corrected chi connectivity index (χ2v) is 7.39. The monoisotopic (exact) mass is 382 g/mol. The van der Waals surface area contributed by atoms with E-state index in [2.05, 4.69) is 0 Å². The van der Waals surface area contributed by atoms with Crippen LogP contribution >= 0.6 is 0 Å². The number of hydrogen-bond donors (Lipinski definition) is 1. The molecular weight excluding hydrogens is 359 g/mol. The predicted octanol–water partition coefficient (Wildman–Crippen LogP) is 4.62. The summed E-state index contributed by atoms with van der Waals surface area (Å²) in [4.78, 5) is 0. The van der Waals surface area contributed by atoms with E-state index < -0.39 is 53.0 Å². The Morgan fingerprint density at radius 2 is 1.42 bits per heavy atom. The number of halogens is 5. The van der Waals surface area contributed by atoms with Crippen molar-refractivity contribution in [1.29, 1.82) is 0 Å². The lowest BCUT2D eigenvalue weighted by molar-refractivity contribution is -0.256. The quantitative estimate of drug-likeness (QED) is 0.443. The molecule has 0 radical (unpaired) electrons. The smallest absolute Gasteiger partial charge is 0.200 e. The lowest BCUT2D eigenvalue weighted by Crippen LogP contribution is -2.43. The molecule has 26 heavy (non-hydrogen) atoms. The fraction of sp³-hybridized carbons (Fsp3) is 0.667. The highest BCUT2D eigenvalue weighted by molar-refractivity contribution is 5.26. The van der Waals surface area contributed by atoms with E-state index in [0.29, 0.717) is 12.8 Å². The van der Waals surface area contributed by atoms with Crippen LogP contribution in [0.4, 0.5) is 22.0 Å². The third-order valence-electron chi connectivity index (χ3n) is 4.46. The summed E-state index contributed by atoms with van der Waals surface area (Å²) in [5.74, 6) is -11.5. The van der Waals surface area contributed by atoms with E-state index >= 15 is 0 Å². The third kappa shape index (κ3) is 4.18. The molecule has 0 bridgehead atoms. The zero-order valence-electron chi connectivity index (χ0n) is 14.9. The van der Waals surface area contributed by atoms with Crippen LogP contribution in [0.15, 0.2) is 0 Å². The molecule has 1 aromatic rings. The summed E-state index contributed by atoms with van der Waals surface area (Å²) in [6.07, 6.45) is -1.46. The number of aliphatic hydroxyl groups excluding tert-OH is 1. The fourth-order valence-electron chi connectivity index (χ4n) is 2.93. The van der Waals surface area contributed by atoms with Gasteiger partial charge in [0.05, 0.1) is 24.9 Å². The van der Waals surface area contributed by atoms with Crippen molar-refractivity contribution >= 4 is 0 Å². The Bertz CT molecular complexity index is 611. The van der Waals surface area contributed by atoms with Crippen molar-refractivity contribution in [2.24, 2.45) is 11.3 Å². The van der Waals surface area contributed by atoms with E-state index in [1.54, 1.807) is 0 Å². The molecule has 1 aliphatic rings. The van der Waals surface area contributed by atoms with Gasteiger partial charge in [0, 0.05) is 11.3 Å². The molecule has 1 aromatic carbocycles. The van der Waals surface area contributed by atoms with Crippen molar-refractivity contribution in [1.82, 2.24) is 0 Å². The summed E-state index contributed by atoms with van der Waals surface area (Å²) < 4.78 is 79.5. The average molecular weight is 382 g/mol. The molecule has 1 aliphatic heterocycles. The summed E-state index contributed by atoms with van der Waals surface area (Å²) in [6.45, 7) is 6.22. The Kier molecular flexibility index (Phi) is 6.63. The summed E-state index contributed by atoms with van der Waals surface area (Å²) in [7, 11) is 0. The highest BCUT2D eigenvalue weighted by atomic mass is 19.2. The highest BCUT2D eigenvalue weighted by Gasteiger charge is 2.40. The van der Waals surface area contributed by atoms with Gasteiger partial charge in [-0.05, 0) is 6.42 Å². The molecule has 0 aliphatic carbocycles. The number of hydrogen-bond acceptors (Lipinski definition) is 3. The lowest BCUT2D eigenvalue weighted by Gasteiger charge is -2.39. The number of ether oxygens (including phenoxy) is 2. The van der Waals surface area contributed by atoms with Crippen molar-refractivity contribution < 1.29 is 36.5 Å². The minimum absolute atomic E-state index is 0.238. The van der Waals surface area contributed by atoms with Crippen LogP contribution in [0.3, 0.4) is 0 Å². The molecule has 0 amide bonds. The standard InChI is InChI=1S/C18H23F5O3/c1-4-5-6-9(17-25-7-18(2,3)8-26-17)16(24)10-11(19)13(21)15(23)14(22)12(10)20/h9,16-17,24H,4-8H2,1-3H3/t9-,16-/m1/s1. The van der Waals surface area contributed by atoms with Crippen LogP contribution in [0.2, 0.25) is 0 Å². The third-order valence-corrected chi connectivity index (χ3v) is 4.46. The second-order valence-electron chi connectivity index (χ2n) is 7.39. The SMILES string of the molecule is CCCC[C@@H](C1OCC(C)(C)CO1)[C@@H](O)c1c(F)c(F)c(F)c(F)c1F. The molecule has 2 atom stereocenters. The molecule has 8 heteroatoms. The minimum atomic E-state index is -2.26. The number of unbranched alkanes of at least 4 members (excludes halogenated alkanes) is 1. The number of aliphatic hydroxyl groups is 1. The largest absolute Gasteiger partial charge is 0.388 e. The van der Waals surface area contributed by atoms with Crippen LogP contribution in [0.1, 0.15) is 51.7 Å². The molecule has 0 saturated carbocycles. The molecule has 2 rings (SSSR count). The van der Waals surface area contributed by atoms with Crippen LogP contribution < -0.4 is 0 Å². The predicted molar refractivity (Wildman–Crippen MR) is 83.7 cm³/mol. The van der Waals surface area contributed by atoms with Crippen molar-refractivity contribution in [3.05, 3.63) is 34.6 Å². The van der Waals surface area contributed by atoms with Gasteiger partial charge in [-0.25, -0.2) is 22.0 Å². The van der Waals surface area contributed by atoms with Crippen LogP contribution in [-0.4, -0.2) is 24.6 Å². The fourth-order valence-corrected chi connectivity index (χ4v) is 2.93. The maximum absolute atomic E-state index is 14.1. The Balaban J connectivity index is 2.37. The average Bonchev–Trinajstić information content (AvgIpc) is 2.60. The van der Waals surface area contributed by atoms with Gasteiger partial charge < -0.3 is 14.6 Å². The van der Waals surface area contributed by atoms with Crippen LogP contribution in [0.25, 0.3) is 0 Å². The van der Waals surface area contributed by atoms with E-state index in [-0.39, 0.29) is 25.0 Å². The lowest BCUT2D eigenvalue weighted by atomic mass is 9.88. The molecule has 1 fully saturated rings. The molecule has 0 aromatic heterocycles. The van der Waals surface area contributed by atoms with Gasteiger partial charge in [-0.15, -0.1) is 0 Å². The molecule has 3 nitrogen and oxygen atoms in total. The number of benzene rings is 1. The van der Waals surface area contributed by atoms with Gasteiger partial charge in [0.2, 0.25) is 5.82 Å². The van der Waals surface area contributed by atoms with Crippen LogP contribution in [-0.2, 0) is 9.47 Å². The Morgan fingerprint density at radius 1 is 0.962 bits per heavy atom. The minimum Gasteiger partial charge on any atom is -0.388 e. The molecule has 1 saturated heterocycles. The summed E-state index contributed by atoms with van der Waals surface area (Å²) in [5, 5.41) is 10.5. The zero-order chi connectivity index (χ0) is 19.6. The van der Waals surface area contributed by atoms with Gasteiger partial charge in [0.15, 0.2) is 29.6 Å². The first kappa shape index (κ1) is 21.1. The van der Waals surface area contributed by atoms with E-state index in [1.807, 2.05) is 20.8 Å². The summed E-state index contributed by atoms with van der Waals surface area (Å²) in [6, 6.07) is 0. The summed E-state index contributed by atoms with van der Waals surface area (Å²) >= 11 is 0. The van der Waals surface area contributed by atoms with E-state index in [1.165, 1.54) is 0 Å². The van der Waals surface area contributed by atoms with Gasteiger partial charge in [-0.3, -0.25) is 0 Å². The van der Waals surface area contributed by atoms with Crippen molar-refractivity contribution in [2.45, 2.75) is 52.4 Å².